The zero-order valence-electron chi connectivity index (χ0n) is 17.2. The highest BCUT2D eigenvalue weighted by molar-refractivity contribution is 5.73. The third-order valence-electron chi connectivity index (χ3n) is 5.64. The molecular formula is C21H24F3N5O2. The summed E-state index contributed by atoms with van der Waals surface area (Å²) in [5.74, 6) is 0.641. The predicted molar refractivity (Wildman–Crippen MR) is 107 cm³/mol. The van der Waals surface area contributed by atoms with Crippen molar-refractivity contribution in [2.24, 2.45) is 0 Å². The lowest BCUT2D eigenvalue weighted by atomic mass is 10.0. The summed E-state index contributed by atoms with van der Waals surface area (Å²) < 4.78 is 44.6. The van der Waals surface area contributed by atoms with Gasteiger partial charge in [-0.1, -0.05) is 0 Å². The van der Waals surface area contributed by atoms with Gasteiger partial charge in [0.2, 0.25) is 11.9 Å². The average molecular weight is 435 g/mol. The van der Waals surface area contributed by atoms with Gasteiger partial charge in [0, 0.05) is 57.3 Å². The molecule has 2 saturated heterocycles. The van der Waals surface area contributed by atoms with E-state index >= 15 is 0 Å². The van der Waals surface area contributed by atoms with E-state index in [1.54, 1.807) is 11.8 Å². The van der Waals surface area contributed by atoms with Gasteiger partial charge in [-0.25, -0.2) is 9.97 Å². The van der Waals surface area contributed by atoms with Crippen molar-refractivity contribution in [3.05, 3.63) is 47.0 Å². The number of amides is 1. The van der Waals surface area contributed by atoms with E-state index in [0.29, 0.717) is 56.7 Å². The molecule has 0 bridgehead atoms. The van der Waals surface area contributed by atoms with Crippen LogP contribution in [0.1, 0.15) is 41.9 Å². The molecule has 166 valence electrons. The van der Waals surface area contributed by atoms with E-state index in [4.69, 9.17) is 9.72 Å². The summed E-state index contributed by atoms with van der Waals surface area (Å²) in [5.41, 5.74) is 0.985. The van der Waals surface area contributed by atoms with Gasteiger partial charge in [-0.3, -0.25) is 9.78 Å². The van der Waals surface area contributed by atoms with Crippen LogP contribution in [-0.2, 0) is 22.1 Å². The molecule has 0 saturated carbocycles. The first kappa shape index (κ1) is 21.5. The summed E-state index contributed by atoms with van der Waals surface area (Å²) >= 11 is 0. The molecule has 0 aliphatic carbocycles. The molecular weight excluding hydrogens is 411 g/mol. The number of likely N-dealkylation sites (tertiary alicyclic amines) is 1. The van der Waals surface area contributed by atoms with Crippen LogP contribution in [0.15, 0.2) is 24.4 Å². The van der Waals surface area contributed by atoms with E-state index in [2.05, 4.69) is 9.97 Å². The number of hydrogen-bond donors (Lipinski definition) is 0. The molecule has 10 heteroatoms. The average Bonchev–Trinajstić information content (AvgIpc) is 3.25. The van der Waals surface area contributed by atoms with Crippen molar-refractivity contribution in [3.8, 4) is 0 Å². The Morgan fingerprint density at radius 3 is 2.61 bits per heavy atom. The molecule has 0 aromatic carbocycles. The summed E-state index contributed by atoms with van der Waals surface area (Å²) in [6.07, 6.45) is -2.29. The van der Waals surface area contributed by atoms with Crippen LogP contribution in [0, 0.1) is 0 Å². The van der Waals surface area contributed by atoms with E-state index in [1.807, 2.05) is 11.0 Å². The SMILES string of the molecule is CC(=O)N1CCC(c2cc(Cc3cc(C(F)(F)F)ccn3)nc(N3CCOCC3)n2)C1. The monoisotopic (exact) mass is 435 g/mol. The molecule has 0 N–H and O–H groups in total. The minimum absolute atomic E-state index is 0.0262. The van der Waals surface area contributed by atoms with Crippen molar-refractivity contribution >= 4 is 11.9 Å². The molecule has 2 aromatic heterocycles. The Morgan fingerprint density at radius 2 is 1.94 bits per heavy atom. The van der Waals surface area contributed by atoms with Crippen molar-refractivity contribution in [1.82, 2.24) is 19.9 Å². The standard InChI is InChI=1S/C21H24F3N5O2/c1-14(30)29-5-3-15(13-29)19-12-18(26-20(27-19)28-6-8-31-9-7-28)11-17-10-16(2-4-25-17)21(22,23)24/h2,4,10,12,15H,3,5-9,11,13H2,1H3. The maximum absolute atomic E-state index is 13.1. The predicted octanol–water partition coefficient (Wildman–Crippen LogP) is 2.65. The van der Waals surface area contributed by atoms with E-state index in [0.717, 1.165) is 24.2 Å². The number of aromatic nitrogens is 3. The molecule has 4 rings (SSSR count). The Hall–Kier alpha value is -2.75. The van der Waals surface area contributed by atoms with Crippen LogP contribution in [0.25, 0.3) is 0 Å². The van der Waals surface area contributed by atoms with Crippen molar-refractivity contribution in [3.63, 3.8) is 0 Å². The molecule has 1 unspecified atom stereocenters. The maximum atomic E-state index is 13.1. The fourth-order valence-corrected chi connectivity index (χ4v) is 3.93. The van der Waals surface area contributed by atoms with E-state index in [1.165, 1.54) is 6.20 Å². The van der Waals surface area contributed by atoms with Crippen molar-refractivity contribution < 1.29 is 22.7 Å². The molecule has 7 nitrogen and oxygen atoms in total. The van der Waals surface area contributed by atoms with Crippen LogP contribution in [0.2, 0.25) is 0 Å². The van der Waals surface area contributed by atoms with Gasteiger partial charge in [0.05, 0.1) is 30.2 Å². The second-order valence-corrected chi connectivity index (χ2v) is 7.84. The number of hydrogen-bond acceptors (Lipinski definition) is 6. The molecule has 0 radical (unpaired) electrons. The molecule has 1 atom stereocenters. The molecule has 2 aromatic rings. The van der Waals surface area contributed by atoms with Crippen molar-refractivity contribution in [2.45, 2.75) is 31.9 Å². The molecule has 2 aliphatic rings. The Kier molecular flexibility index (Phi) is 6.08. The number of rotatable bonds is 4. The number of halogens is 3. The van der Waals surface area contributed by atoms with Gasteiger partial charge >= 0.3 is 6.18 Å². The fourth-order valence-electron chi connectivity index (χ4n) is 3.93. The summed E-state index contributed by atoms with van der Waals surface area (Å²) in [4.78, 5) is 29.0. The first-order chi connectivity index (χ1) is 14.8. The van der Waals surface area contributed by atoms with Crippen molar-refractivity contribution in [2.75, 3.05) is 44.3 Å². The first-order valence-electron chi connectivity index (χ1n) is 10.3. The van der Waals surface area contributed by atoms with E-state index < -0.39 is 11.7 Å². The summed E-state index contributed by atoms with van der Waals surface area (Å²) in [5, 5.41) is 0. The van der Waals surface area contributed by atoms with Crippen LogP contribution < -0.4 is 4.90 Å². The highest BCUT2D eigenvalue weighted by Gasteiger charge is 2.31. The summed E-state index contributed by atoms with van der Waals surface area (Å²) in [6.45, 7) is 5.23. The lowest BCUT2D eigenvalue weighted by Gasteiger charge is -2.28. The first-order valence-corrected chi connectivity index (χ1v) is 10.3. The smallest absolute Gasteiger partial charge is 0.378 e. The normalized spacial score (nSPS) is 19.7. The number of ether oxygens (including phenoxy) is 1. The van der Waals surface area contributed by atoms with Crippen LogP contribution in [-0.4, -0.2) is 65.2 Å². The second kappa shape index (κ2) is 8.78. The fraction of sp³-hybridized carbons (Fsp3) is 0.524. The highest BCUT2D eigenvalue weighted by atomic mass is 19.4. The number of morpholine rings is 1. The van der Waals surface area contributed by atoms with E-state index in [-0.39, 0.29) is 18.2 Å². The van der Waals surface area contributed by atoms with Gasteiger partial charge in [0.25, 0.3) is 0 Å². The van der Waals surface area contributed by atoms with Crippen LogP contribution in [0.5, 0.6) is 0 Å². The van der Waals surface area contributed by atoms with Gasteiger partial charge in [-0.15, -0.1) is 0 Å². The highest BCUT2D eigenvalue weighted by Crippen LogP contribution is 2.30. The molecule has 31 heavy (non-hydrogen) atoms. The number of carbonyl (C=O) groups is 1. The maximum Gasteiger partial charge on any atom is 0.416 e. The van der Waals surface area contributed by atoms with Gasteiger partial charge < -0.3 is 14.5 Å². The van der Waals surface area contributed by atoms with Gasteiger partial charge in [0.15, 0.2) is 0 Å². The number of nitrogens with zero attached hydrogens (tertiary/aromatic N) is 5. The number of anilines is 1. The third-order valence-corrected chi connectivity index (χ3v) is 5.64. The van der Waals surface area contributed by atoms with Crippen LogP contribution in [0.4, 0.5) is 19.1 Å². The number of alkyl halides is 3. The Bertz CT molecular complexity index is 947. The largest absolute Gasteiger partial charge is 0.416 e. The lowest BCUT2D eigenvalue weighted by molar-refractivity contribution is -0.137. The van der Waals surface area contributed by atoms with Gasteiger partial charge in [-0.2, -0.15) is 13.2 Å². The molecule has 2 aliphatic heterocycles. The molecule has 0 spiro atoms. The second-order valence-electron chi connectivity index (χ2n) is 7.84. The van der Waals surface area contributed by atoms with Gasteiger partial charge in [0.1, 0.15) is 0 Å². The topological polar surface area (TPSA) is 71.5 Å². The minimum Gasteiger partial charge on any atom is -0.378 e. The minimum atomic E-state index is -4.42. The molecule has 4 heterocycles. The van der Waals surface area contributed by atoms with Gasteiger partial charge in [-0.05, 0) is 24.6 Å². The van der Waals surface area contributed by atoms with Crippen LogP contribution in [0.3, 0.4) is 0 Å². The number of carbonyl (C=O) groups excluding carboxylic acids is 1. The zero-order valence-corrected chi connectivity index (χ0v) is 17.2. The molecule has 1 amide bonds. The Morgan fingerprint density at radius 1 is 1.16 bits per heavy atom. The lowest BCUT2D eigenvalue weighted by Crippen LogP contribution is -2.37. The van der Waals surface area contributed by atoms with E-state index in [9.17, 15) is 18.0 Å². The quantitative estimate of drug-likeness (QED) is 0.736. The summed E-state index contributed by atoms with van der Waals surface area (Å²) in [7, 11) is 0. The Balaban J connectivity index is 1.64. The molecule has 2 fully saturated rings. The van der Waals surface area contributed by atoms with Crippen molar-refractivity contribution in [1.29, 1.82) is 0 Å². The number of pyridine rings is 1. The zero-order chi connectivity index (χ0) is 22.0. The third kappa shape index (κ3) is 5.12. The summed E-state index contributed by atoms with van der Waals surface area (Å²) in [6, 6.07) is 3.85. The Labute approximate surface area is 178 Å². The van der Waals surface area contributed by atoms with Crippen LogP contribution >= 0.6 is 0 Å².